The van der Waals surface area contributed by atoms with Crippen molar-refractivity contribution in [1.82, 2.24) is 5.32 Å². The summed E-state index contributed by atoms with van der Waals surface area (Å²) in [5.74, 6) is 0.924. The molecule has 0 aromatic rings. The summed E-state index contributed by atoms with van der Waals surface area (Å²) in [6.45, 7) is 9.26. The molecule has 1 nitrogen and oxygen atoms in total. The van der Waals surface area contributed by atoms with Gasteiger partial charge in [-0.05, 0) is 18.5 Å². The van der Waals surface area contributed by atoms with Gasteiger partial charge in [0.15, 0.2) is 0 Å². The summed E-state index contributed by atoms with van der Waals surface area (Å²) in [5, 5.41) is 3.16. The van der Waals surface area contributed by atoms with Crippen LogP contribution in [0.25, 0.3) is 0 Å². The lowest BCUT2D eigenvalue weighted by atomic mass is 9.95. The summed E-state index contributed by atoms with van der Waals surface area (Å²) in [4.78, 5) is 0. The average molecular weight is 169 g/mol. The maximum absolute atomic E-state index is 3.64. The molecule has 0 unspecified atom stereocenters. The number of rotatable bonds is 8. The van der Waals surface area contributed by atoms with Crippen LogP contribution < -0.4 is 5.32 Å². The maximum atomic E-state index is 3.64. The van der Waals surface area contributed by atoms with Gasteiger partial charge < -0.3 is 5.32 Å². The Balaban J connectivity index is 3.40. The smallest absolute Gasteiger partial charge is 0.0143 e. The molecule has 1 N–H and O–H groups in total. The summed E-state index contributed by atoms with van der Waals surface area (Å²) in [6, 6.07) is 0. The number of hydrogen-bond acceptors (Lipinski definition) is 1. The largest absolute Gasteiger partial charge is 0.391 e. The fourth-order valence-corrected chi connectivity index (χ4v) is 1.64. The van der Waals surface area contributed by atoms with Gasteiger partial charge in [0.1, 0.15) is 0 Å². The van der Waals surface area contributed by atoms with E-state index in [4.69, 9.17) is 0 Å². The van der Waals surface area contributed by atoms with Crippen molar-refractivity contribution >= 4 is 0 Å². The van der Waals surface area contributed by atoms with Crippen molar-refractivity contribution in [2.45, 2.75) is 46.0 Å². The molecule has 0 rings (SSSR count). The molecule has 0 aromatic heterocycles. The average Bonchev–Trinajstić information content (AvgIpc) is 2.06. The quantitative estimate of drug-likeness (QED) is 0.550. The van der Waals surface area contributed by atoms with Gasteiger partial charge in [-0.3, -0.25) is 0 Å². The molecule has 1 heteroatoms. The van der Waals surface area contributed by atoms with Gasteiger partial charge in [-0.25, -0.2) is 0 Å². The standard InChI is InChI=1S/C11H23N/c1-4-7-11(8-5-2)9-10-12-6-3/h6,11-12H,3-5,7-10H2,1-2H3. The Morgan fingerprint density at radius 3 is 2.17 bits per heavy atom. The van der Waals surface area contributed by atoms with Crippen LogP contribution in [0.5, 0.6) is 0 Å². The third-order valence-corrected chi connectivity index (χ3v) is 2.24. The predicted octanol–water partition coefficient (Wildman–Crippen LogP) is 3.33. The van der Waals surface area contributed by atoms with E-state index < -0.39 is 0 Å². The third kappa shape index (κ3) is 6.26. The topological polar surface area (TPSA) is 12.0 Å². The Hall–Kier alpha value is -0.460. The van der Waals surface area contributed by atoms with Crippen molar-refractivity contribution in [1.29, 1.82) is 0 Å². The second-order valence-electron chi connectivity index (χ2n) is 3.39. The van der Waals surface area contributed by atoms with Crippen LogP contribution in [0, 0.1) is 5.92 Å². The second-order valence-corrected chi connectivity index (χ2v) is 3.39. The molecule has 0 atom stereocenters. The lowest BCUT2D eigenvalue weighted by Gasteiger charge is -2.14. The minimum atomic E-state index is 0.924. The van der Waals surface area contributed by atoms with Gasteiger partial charge in [-0.1, -0.05) is 46.1 Å². The van der Waals surface area contributed by atoms with Gasteiger partial charge in [-0.15, -0.1) is 0 Å². The molecule has 0 radical (unpaired) electrons. The first-order chi connectivity index (χ1) is 5.85. The molecular weight excluding hydrogens is 146 g/mol. The molecule has 72 valence electrons. The van der Waals surface area contributed by atoms with E-state index >= 15 is 0 Å². The van der Waals surface area contributed by atoms with Crippen molar-refractivity contribution in [3.63, 3.8) is 0 Å². The molecule has 0 amide bonds. The molecule has 0 aliphatic carbocycles. The molecule has 0 bridgehead atoms. The highest BCUT2D eigenvalue weighted by atomic mass is 14.8. The van der Waals surface area contributed by atoms with Crippen molar-refractivity contribution in [2.75, 3.05) is 6.54 Å². The van der Waals surface area contributed by atoms with E-state index in [1.54, 1.807) is 6.20 Å². The minimum Gasteiger partial charge on any atom is -0.391 e. The van der Waals surface area contributed by atoms with Crippen molar-refractivity contribution in [2.24, 2.45) is 5.92 Å². The van der Waals surface area contributed by atoms with E-state index in [2.05, 4.69) is 25.7 Å². The van der Waals surface area contributed by atoms with E-state index in [1.165, 1.54) is 32.1 Å². The van der Waals surface area contributed by atoms with Crippen LogP contribution in [0.1, 0.15) is 46.0 Å². The highest BCUT2D eigenvalue weighted by Crippen LogP contribution is 2.16. The normalized spacial score (nSPS) is 10.2. The fourth-order valence-electron chi connectivity index (χ4n) is 1.64. The summed E-state index contributed by atoms with van der Waals surface area (Å²) in [5.41, 5.74) is 0. The lowest BCUT2D eigenvalue weighted by molar-refractivity contribution is 0.408. The first-order valence-corrected chi connectivity index (χ1v) is 5.19. The molecule has 0 fully saturated rings. The molecule has 0 spiro atoms. The van der Waals surface area contributed by atoms with Crippen molar-refractivity contribution < 1.29 is 0 Å². The van der Waals surface area contributed by atoms with Crippen LogP contribution in [-0.4, -0.2) is 6.54 Å². The summed E-state index contributed by atoms with van der Waals surface area (Å²) in [7, 11) is 0. The monoisotopic (exact) mass is 169 g/mol. The first-order valence-electron chi connectivity index (χ1n) is 5.19. The van der Waals surface area contributed by atoms with Crippen LogP contribution in [0.3, 0.4) is 0 Å². The van der Waals surface area contributed by atoms with Gasteiger partial charge in [0, 0.05) is 6.54 Å². The van der Waals surface area contributed by atoms with Gasteiger partial charge in [-0.2, -0.15) is 0 Å². The zero-order valence-corrected chi connectivity index (χ0v) is 8.60. The summed E-state index contributed by atoms with van der Waals surface area (Å²) in [6.07, 6.45) is 8.49. The zero-order chi connectivity index (χ0) is 9.23. The van der Waals surface area contributed by atoms with Crippen molar-refractivity contribution in [3.05, 3.63) is 12.8 Å². The second kappa shape index (κ2) is 8.63. The maximum Gasteiger partial charge on any atom is 0.0143 e. The zero-order valence-electron chi connectivity index (χ0n) is 8.60. The molecular formula is C11H23N. The number of nitrogens with one attached hydrogen (secondary N) is 1. The van der Waals surface area contributed by atoms with Gasteiger partial charge >= 0.3 is 0 Å². The van der Waals surface area contributed by atoms with Gasteiger partial charge in [0.25, 0.3) is 0 Å². The first kappa shape index (κ1) is 11.5. The Bertz CT molecular complexity index is 93.2. The Morgan fingerprint density at radius 2 is 1.75 bits per heavy atom. The molecule has 0 saturated carbocycles. The summed E-state index contributed by atoms with van der Waals surface area (Å²) < 4.78 is 0. The van der Waals surface area contributed by atoms with E-state index in [-0.39, 0.29) is 0 Å². The minimum absolute atomic E-state index is 0.924. The van der Waals surface area contributed by atoms with Crippen LogP contribution in [0.15, 0.2) is 12.8 Å². The fraction of sp³-hybridized carbons (Fsp3) is 0.818. The molecule has 0 aliphatic heterocycles. The predicted molar refractivity (Wildman–Crippen MR) is 56.1 cm³/mol. The highest BCUT2D eigenvalue weighted by Gasteiger charge is 2.04. The van der Waals surface area contributed by atoms with Gasteiger partial charge in [0.05, 0.1) is 0 Å². The van der Waals surface area contributed by atoms with Crippen LogP contribution >= 0.6 is 0 Å². The highest BCUT2D eigenvalue weighted by molar-refractivity contribution is 4.66. The van der Waals surface area contributed by atoms with E-state index in [9.17, 15) is 0 Å². The van der Waals surface area contributed by atoms with Crippen LogP contribution in [0.2, 0.25) is 0 Å². The Labute approximate surface area is 77.2 Å². The third-order valence-electron chi connectivity index (χ3n) is 2.24. The van der Waals surface area contributed by atoms with Crippen LogP contribution in [-0.2, 0) is 0 Å². The Morgan fingerprint density at radius 1 is 1.17 bits per heavy atom. The Kier molecular flexibility index (Phi) is 8.30. The summed E-state index contributed by atoms with van der Waals surface area (Å²) >= 11 is 0. The van der Waals surface area contributed by atoms with Crippen LogP contribution in [0.4, 0.5) is 0 Å². The van der Waals surface area contributed by atoms with Crippen molar-refractivity contribution in [3.8, 4) is 0 Å². The molecule has 0 saturated heterocycles. The molecule has 12 heavy (non-hydrogen) atoms. The molecule has 0 heterocycles. The SMILES string of the molecule is C=CNCCC(CCC)CCC. The van der Waals surface area contributed by atoms with E-state index in [1.807, 2.05) is 0 Å². The molecule has 0 aromatic carbocycles. The van der Waals surface area contributed by atoms with Gasteiger partial charge in [0.2, 0.25) is 0 Å². The van der Waals surface area contributed by atoms with E-state index in [0.717, 1.165) is 12.5 Å². The lowest BCUT2D eigenvalue weighted by Crippen LogP contribution is -2.12. The van der Waals surface area contributed by atoms with E-state index in [0.29, 0.717) is 0 Å². The number of hydrogen-bond donors (Lipinski definition) is 1. The molecule has 0 aliphatic rings.